The third-order valence-electron chi connectivity index (χ3n) is 4.96. The van der Waals surface area contributed by atoms with Crippen LogP contribution < -0.4 is 0 Å². The molecule has 2 aromatic rings. The standard InChI is InChI=1S/C22H30/c1-21(2,19-13-7-5-8-14-19)17-11-12-18-22(3,4)20-15-9-6-10-16-20/h5-10,13-16H,11-12,17-18H2,1-4H3. The summed E-state index contributed by atoms with van der Waals surface area (Å²) in [5.41, 5.74) is 3.46. The van der Waals surface area contributed by atoms with Crippen LogP contribution >= 0.6 is 0 Å². The first kappa shape index (κ1) is 16.8. The molecule has 0 N–H and O–H groups in total. The fourth-order valence-electron chi connectivity index (χ4n) is 3.20. The Morgan fingerprint density at radius 1 is 0.545 bits per heavy atom. The van der Waals surface area contributed by atoms with E-state index in [1.165, 1.54) is 36.8 Å². The minimum absolute atomic E-state index is 0.276. The van der Waals surface area contributed by atoms with E-state index in [0.29, 0.717) is 0 Å². The minimum atomic E-state index is 0.276. The van der Waals surface area contributed by atoms with Crippen LogP contribution in [0.25, 0.3) is 0 Å². The summed E-state index contributed by atoms with van der Waals surface area (Å²) in [5.74, 6) is 0. The van der Waals surface area contributed by atoms with Gasteiger partial charge in [-0.3, -0.25) is 0 Å². The summed E-state index contributed by atoms with van der Waals surface area (Å²) in [7, 11) is 0. The van der Waals surface area contributed by atoms with Gasteiger partial charge in [-0.2, -0.15) is 0 Å². The van der Waals surface area contributed by atoms with Crippen LogP contribution in [0.4, 0.5) is 0 Å². The molecule has 0 aliphatic heterocycles. The van der Waals surface area contributed by atoms with E-state index in [1.54, 1.807) is 0 Å². The van der Waals surface area contributed by atoms with Crippen molar-refractivity contribution in [1.29, 1.82) is 0 Å². The third kappa shape index (κ3) is 4.47. The van der Waals surface area contributed by atoms with Crippen molar-refractivity contribution in [2.75, 3.05) is 0 Å². The lowest BCUT2D eigenvalue weighted by atomic mass is 9.77. The van der Waals surface area contributed by atoms with Gasteiger partial charge in [0.05, 0.1) is 0 Å². The molecule has 22 heavy (non-hydrogen) atoms. The Hall–Kier alpha value is -1.56. The van der Waals surface area contributed by atoms with Crippen molar-refractivity contribution < 1.29 is 0 Å². The van der Waals surface area contributed by atoms with Crippen molar-refractivity contribution in [2.24, 2.45) is 0 Å². The van der Waals surface area contributed by atoms with Gasteiger partial charge in [-0.25, -0.2) is 0 Å². The van der Waals surface area contributed by atoms with Gasteiger partial charge in [-0.05, 0) is 34.8 Å². The molecule has 0 spiro atoms. The van der Waals surface area contributed by atoms with Crippen LogP contribution in [0.2, 0.25) is 0 Å². The molecule has 0 heterocycles. The van der Waals surface area contributed by atoms with Gasteiger partial charge in [-0.15, -0.1) is 0 Å². The number of benzene rings is 2. The number of unbranched alkanes of at least 4 members (excludes halogenated alkanes) is 1. The fourth-order valence-corrected chi connectivity index (χ4v) is 3.20. The summed E-state index contributed by atoms with van der Waals surface area (Å²) >= 11 is 0. The lowest BCUT2D eigenvalue weighted by Gasteiger charge is -2.28. The Kier molecular flexibility index (Phi) is 5.45. The van der Waals surface area contributed by atoms with Crippen LogP contribution in [-0.4, -0.2) is 0 Å². The molecule has 0 amide bonds. The van der Waals surface area contributed by atoms with E-state index in [-0.39, 0.29) is 10.8 Å². The second kappa shape index (κ2) is 7.13. The second-order valence-electron chi connectivity index (χ2n) is 7.71. The van der Waals surface area contributed by atoms with E-state index < -0.39 is 0 Å². The fraction of sp³-hybridized carbons (Fsp3) is 0.455. The largest absolute Gasteiger partial charge is 0.0622 e. The van der Waals surface area contributed by atoms with Crippen LogP contribution in [0.1, 0.15) is 64.5 Å². The Bertz CT molecular complexity index is 496. The van der Waals surface area contributed by atoms with E-state index in [0.717, 1.165) is 0 Å². The third-order valence-corrected chi connectivity index (χ3v) is 4.96. The Morgan fingerprint density at radius 3 is 1.18 bits per heavy atom. The molecule has 0 heteroatoms. The predicted molar refractivity (Wildman–Crippen MR) is 97.4 cm³/mol. The van der Waals surface area contributed by atoms with Gasteiger partial charge in [0, 0.05) is 0 Å². The highest BCUT2D eigenvalue weighted by molar-refractivity contribution is 5.24. The molecule has 118 valence electrons. The highest BCUT2D eigenvalue weighted by atomic mass is 14.3. The van der Waals surface area contributed by atoms with E-state index in [4.69, 9.17) is 0 Å². The van der Waals surface area contributed by atoms with Crippen LogP contribution in [0.15, 0.2) is 60.7 Å². The lowest BCUT2D eigenvalue weighted by molar-refractivity contribution is 0.403. The molecule has 2 aromatic carbocycles. The minimum Gasteiger partial charge on any atom is -0.0622 e. The van der Waals surface area contributed by atoms with Gasteiger partial charge >= 0.3 is 0 Å². The van der Waals surface area contributed by atoms with Gasteiger partial charge in [0.15, 0.2) is 0 Å². The molecule has 0 atom stereocenters. The summed E-state index contributed by atoms with van der Waals surface area (Å²) in [6.45, 7) is 9.46. The summed E-state index contributed by atoms with van der Waals surface area (Å²) < 4.78 is 0. The molecule has 2 rings (SSSR count). The SMILES string of the molecule is CC(C)(CCCCC(C)(C)c1ccccc1)c1ccccc1. The normalized spacial score (nSPS) is 12.4. The van der Waals surface area contributed by atoms with Crippen LogP contribution in [0, 0.1) is 0 Å². The van der Waals surface area contributed by atoms with Gasteiger partial charge in [0.25, 0.3) is 0 Å². The molecule has 0 nitrogen and oxygen atoms in total. The van der Waals surface area contributed by atoms with E-state index >= 15 is 0 Å². The van der Waals surface area contributed by atoms with Gasteiger partial charge in [0.1, 0.15) is 0 Å². The zero-order valence-electron chi connectivity index (χ0n) is 14.6. The van der Waals surface area contributed by atoms with Crippen LogP contribution in [0.5, 0.6) is 0 Å². The average molecular weight is 294 g/mol. The maximum absolute atomic E-state index is 2.37. The first-order valence-corrected chi connectivity index (χ1v) is 8.53. The Labute approximate surface area is 136 Å². The Morgan fingerprint density at radius 2 is 0.864 bits per heavy atom. The number of hydrogen-bond donors (Lipinski definition) is 0. The van der Waals surface area contributed by atoms with Gasteiger partial charge in [-0.1, -0.05) is 101 Å². The zero-order valence-corrected chi connectivity index (χ0v) is 14.6. The molecule has 0 unspecified atom stereocenters. The summed E-state index contributed by atoms with van der Waals surface area (Å²) in [6, 6.07) is 21.8. The van der Waals surface area contributed by atoms with Gasteiger partial charge < -0.3 is 0 Å². The molecule has 0 aliphatic rings. The first-order chi connectivity index (χ1) is 10.4. The summed E-state index contributed by atoms with van der Waals surface area (Å²) in [6.07, 6.45) is 5.08. The van der Waals surface area contributed by atoms with Gasteiger partial charge in [0.2, 0.25) is 0 Å². The van der Waals surface area contributed by atoms with Crippen molar-refractivity contribution in [3.8, 4) is 0 Å². The maximum Gasteiger partial charge on any atom is -0.0104 e. The smallest absolute Gasteiger partial charge is 0.0104 e. The molecule has 0 aromatic heterocycles. The summed E-state index contributed by atoms with van der Waals surface area (Å²) in [5, 5.41) is 0. The van der Waals surface area contributed by atoms with Crippen molar-refractivity contribution in [1.82, 2.24) is 0 Å². The maximum atomic E-state index is 2.37. The van der Waals surface area contributed by atoms with E-state index in [2.05, 4.69) is 88.4 Å². The van der Waals surface area contributed by atoms with E-state index in [9.17, 15) is 0 Å². The molecular formula is C22H30. The summed E-state index contributed by atoms with van der Waals surface area (Å²) in [4.78, 5) is 0. The first-order valence-electron chi connectivity index (χ1n) is 8.53. The highest BCUT2D eigenvalue weighted by Crippen LogP contribution is 2.32. The molecule has 0 aliphatic carbocycles. The molecule has 0 saturated heterocycles. The number of hydrogen-bond acceptors (Lipinski definition) is 0. The quantitative estimate of drug-likeness (QED) is 0.511. The zero-order chi connectivity index (χ0) is 16.1. The van der Waals surface area contributed by atoms with Crippen LogP contribution in [-0.2, 0) is 10.8 Å². The molecular weight excluding hydrogens is 264 g/mol. The second-order valence-corrected chi connectivity index (χ2v) is 7.71. The topological polar surface area (TPSA) is 0 Å². The van der Waals surface area contributed by atoms with Crippen molar-refractivity contribution in [3.63, 3.8) is 0 Å². The van der Waals surface area contributed by atoms with Crippen molar-refractivity contribution in [2.45, 2.75) is 64.2 Å². The van der Waals surface area contributed by atoms with E-state index in [1.807, 2.05) is 0 Å². The molecule has 0 fully saturated rings. The van der Waals surface area contributed by atoms with Crippen molar-refractivity contribution >= 4 is 0 Å². The molecule has 0 saturated carbocycles. The average Bonchev–Trinajstić information content (AvgIpc) is 2.53. The predicted octanol–water partition coefficient (Wildman–Crippen LogP) is 6.50. The number of rotatable bonds is 7. The van der Waals surface area contributed by atoms with Crippen molar-refractivity contribution in [3.05, 3.63) is 71.8 Å². The van der Waals surface area contributed by atoms with Crippen LogP contribution in [0.3, 0.4) is 0 Å². The highest BCUT2D eigenvalue weighted by Gasteiger charge is 2.22. The molecule has 0 radical (unpaired) electrons. The Balaban J connectivity index is 1.84. The molecule has 0 bridgehead atoms. The lowest BCUT2D eigenvalue weighted by Crippen LogP contribution is -2.19. The monoisotopic (exact) mass is 294 g/mol.